The first kappa shape index (κ1) is 14.5. The molecule has 5 nitrogen and oxygen atoms in total. The maximum Gasteiger partial charge on any atom is 0.137 e. The second-order valence-electron chi connectivity index (χ2n) is 4.60. The maximum atomic E-state index is 5.73. The van der Waals surface area contributed by atoms with E-state index in [2.05, 4.69) is 28.4 Å². The van der Waals surface area contributed by atoms with Crippen molar-refractivity contribution in [3.63, 3.8) is 0 Å². The summed E-state index contributed by atoms with van der Waals surface area (Å²) in [5.74, 6) is 0.934. The van der Waals surface area contributed by atoms with Gasteiger partial charge in [0.1, 0.15) is 18.4 Å². The minimum Gasteiger partial charge on any atom is -0.494 e. The first-order valence-electron chi connectivity index (χ1n) is 7.12. The third kappa shape index (κ3) is 3.81. The Balaban J connectivity index is 2.20. The molecule has 5 heteroatoms. The van der Waals surface area contributed by atoms with Gasteiger partial charge in [0.05, 0.1) is 19.2 Å². The molecule has 2 aromatic rings. The van der Waals surface area contributed by atoms with Crippen molar-refractivity contribution in [3.05, 3.63) is 42.5 Å². The predicted octanol–water partition coefficient (Wildman–Crippen LogP) is 2.42. The number of nitrogens with zero attached hydrogens (tertiary/aromatic N) is 3. The fourth-order valence-electron chi connectivity index (χ4n) is 2.16. The summed E-state index contributed by atoms with van der Waals surface area (Å²) in [6.45, 7) is 6.53. The molecule has 1 atom stereocenters. The van der Waals surface area contributed by atoms with Gasteiger partial charge in [0.15, 0.2) is 0 Å². The van der Waals surface area contributed by atoms with E-state index in [1.807, 2.05) is 29.8 Å². The Morgan fingerprint density at radius 2 is 2.15 bits per heavy atom. The topological polar surface area (TPSA) is 52.0 Å². The molecule has 0 spiro atoms. The first-order valence-corrected chi connectivity index (χ1v) is 7.12. The first-order chi connectivity index (χ1) is 9.85. The van der Waals surface area contributed by atoms with Crippen molar-refractivity contribution in [2.75, 3.05) is 13.2 Å². The normalized spacial score (nSPS) is 12.3. The monoisotopic (exact) mass is 274 g/mol. The predicted molar refractivity (Wildman–Crippen MR) is 78.7 cm³/mol. The molecule has 0 saturated carbocycles. The second-order valence-corrected chi connectivity index (χ2v) is 4.60. The van der Waals surface area contributed by atoms with Crippen LogP contribution in [0.4, 0.5) is 0 Å². The number of rotatable bonds is 8. The van der Waals surface area contributed by atoms with Gasteiger partial charge in [-0.2, -0.15) is 5.10 Å². The van der Waals surface area contributed by atoms with E-state index in [4.69, 9.17) is 4.74 Å². The molecule has 1 unspecified atom stereocenters. The van der Waals surface area contributed by atoms with Crippen LogP contribution < -0.4 is 10.1 Å². The van der Waals surface area contributed by atoms with Crippen molar-refractivity contribution in [1.82, 2.24) is 20.1 Å². The van der Waals surface area contributed by atoms with Crippen LogP contribution in [-0.4, -0.2) is 27.9 Å². The van der Waals surface area contributed by atoms with Crippen molar-refractivity contribution < 1.29 is 4.74 Å². The summed E-state index contributed by atoms with van der Waals surface area (Å²) in [6.07, 6.45) is 4.39. The van der Waals surface area contributed by atoms with Gasteiger partial charge in [-0.3, -0.25) is 4.68 Å². The molecule has 0 aliphatic heterocycles. The largest absolute Gasteiger partial charge is 0.494 e. The lowest BCUT2D eigenvalue weighted by atomic mass is 10.1. The molecule has 0 aliphatic carbocycles. The SMILES string of the molecule is CCCNC(Cn1cncn1)c1ccccc1OCC. The Morgan fingerprint density at radius 3 is 2.85 bits per heavy atom. The number of para-hydroxylation sites is 1. The van der Waals surface area contributed by atoms with Crippen LogP contribution in [0.25, 0.3) is 0 Å². The van der Waals surface area contributed by atoms with E-state index in [0.717, 1.165) is 25.3 Å². The van der Waals surface area contributed by atoms with Crippen LogP contribution >= 0.6 is 0 Å². The number of hydrogen-bond acceptors (Lipinski definition) is 4. The average molecular weight is 274 g/mol. The minimum absolute atomic E-state index is 0.166. The molecular weight excluding hydrogens is 252 g/mol. The summed E-state index contributed by atoms with van der Waals surface area (Å²) in [7, 11) is 0. The number of nitrogens with one attached hydrogen (secondary N) is 1. The molecule has 1 aromatic heterocycles. The van der Waals surface area contributed by atoms with Crippen LogP contribution in [-0.2, 0) is 6.54 Å². The van der Waals surface area contributed by atoms with Crippen LogP contribution in [0.5, 0.6) is 5.75 Å². The molecule has 0 bridgehead atoms. The van der Waals surface area contributed by atoms with Gasteiger partial charge >= 0.3 is 0 Å². The molecule has 1 aromatic carbocycles. The van der Waals surface area contributed by atoms with Gasteiger partial charge in [0.25, 0.3) is 0 Å². The molecule has 108 valence electrons. The zero-order valence-corrected chi connectivity index (χ0v) is 12.1. The number of aromatic nitrogens is 3. The highest BCUT2D eigenvalue weighted by atomic mass is 16.5. The fourth-order valence-corrected chi connectivity index (χ4v) is 2.16. The van der Waals surface area contributed by atoms with Crippen molar-refractivity contribution in [2.45, 2.75) is 32.9 Å². The maximum absolute atomic E-state index is 5.73. The molecule has 0 aliphatic rings. The van der Waals surface area contributed by atoms with Crippen LogP contribution in [0.15, 0.2) is 36.9 Å². The number of hydrogen-bond donors (Lipinski definition) is 1. The summed E-state index contributed by atoms with van der Waals surface area (Å²) in [4.78, 5) is 4.00. The molecule has 0 amide bonds. The highest BCUT2D eigenvalue weighted by Gasteiger charge is 2.16. The van der Waals surface area contributed by atoms with Gasteiger partial charge in [-0.1, -0.05) is 25.1 Å². The molecule has 1 N–H and O–H groups in total. The van der Waals surface area contributed by atoms with Crippen molar-refractivity contribution in [2.24, 2.45) is 0 Å². The van der Waals surface area contributed by atoms with Gasteiger partial charge in [0, 0.05) is 5.56 Å². The smallest absolute Gasteiger partial charge is 0.137 e. The Hall–Kier alpha value is -1.88. The van der Waals surface area contributed by atoms with Crippen molar-refractivity contribution in [3.8, 4) is 5.75 Å². The Morgan fingerprint density at radius 1 is 1.30 bits per heavy atom. The third-order valence-corrected chi connectivity index (χ3v) is 3.07. The average Bonchev–Trinajstić information content (AvgIpc) is 2.97. The van der Waals surface area contributed by atoms with Gasteiger partial charge in [-0.15, -0.1) is 0 Å². The lowest BCUT2D eigenvalue weighted by molar-refractivity contribution is 0.326. The second kappa shape index (κ2) is 7.65. The summed E-state index contributed by atoms with van der Waals surface area (Å²) in [6, 6.07) is 8.33. The van der Waals surface area contributed by atoms with Gasteiger partial charge in [-0.25, -0.2) is 4.98 Å². The highest BCUT2D eigenvalue weighted by Crippen LogP contribution is 2.26. The van der Waals surface area contributed by atoms with E-state index < -0.39 is 0 Å². The number of benzene rings is 1. The molecular formula is C15H22N4O. The summed E-state index contributed by atoms with van der Waals surface area (Å²) in [5.41, 5.74) is 1.17. The third-order valence-electron chi connectivity index (χ3n) is 3.07. The van der Waals surface area contributed by atoms with Gasteiger partial charge in [0.2, 0.25) is 0 Å². The lowest BCUT2D eigenvalue weighted by Crippen LogP contribution is -2.27. The fraction of sp³-hybridized carbons (Fsp3) is 0.467. The van der Waals surface area contributed by atoms with E-state index in [1.165, 1.54) is 5.56 Å². The minimum atomic E-state index is 0.166. The molecule has 0 saturated heterocycles. The molecule has 1 heterocycles. The highest BCUT2D eigenvalue weighted by molar-refractivity contribution is 5.35. The van der Waals surface area contributed by atoms with E-state index >= 15 is 0 Å². The van der Waals surface area contributed by atoms with Crippen LogP contribution in [0.2, 0.25) is 0 Å². The summed E-state index contributed by atoms with van der Waals surface area (Å²) >= 11 is 0. The van der Waals surface area contributed by atoms with Crippen molar-refractivity contribution >= 4 is 0 Å². The van der Waals surface area contributed by atoms with Crippen LogP contribution in [0.3, 0.4) is 0 Å². The quantitative estimate of drug-likeness (QED) is 0.803. The summed E-state index contributed by atoms with van der Waals surface area (Å²) < 4.78 is 7.58. The van der Waals surface area contributed by atoms with Gasteiger partial charge in [-0.05, 0) is 26.0 Å². The Labute approximate surface area is 120 Å². The van der Waals surface area contributed by atoms with E-state index in [1.54, 1.807) is 12.7 Å². The van der Waals surface area contributed by atoms with E-state index in [0.29, 0.717) is 6.61 Å². The lowest BCUT2D eigenvalue weighted by Gasteiger charge is -2.21. The zero-order chi connectivity index (χ0) is 14.2. The Bertz CT molecular complexity index is 498. The van der Waals surface area contributed by atoms with E-state index in [9.17, 15) is 0 Å². The molecule has 0 radical (unpaired) electrons. The zero-order valence-electron chi connectivity index (χ0n) is 12.1. The summed E-state index contributed by atoms with van der Waals surface area (Å²) in [5, 5.41) is 7.74. The van der Waals surface area contributed by atoms with Gasteiger partial charge < -0.3 is 10.1 Å². The number of ether oxygens (including phenoxy) is 1. The Kier molecular flexibility index (Phi) is 5.55. The van der Waals surface area contributed by atoms with Crippen molar-refractivity contribution in [1.29, 1.82) is 0 Å². The molecule has 2 rings (SSSR count). The van der Waals surface area contributed by atoms with Crippen LogP contribution in [0.1, 0.15) is 31.9 Å². The van der Waals surface area contributed by atoms with E-state index in [-0.39, 0.29) is 6.04 Å². The van der Waals surface area contributed by atoms with Crippen LogP contribution in [0, 0.1) is 0 Å². The molecule has 0 fully saturated rings. The standard InChI is InChI=1S/C15H22N4O/c1-3-9-17-14(10-19-12-16-11-18-19)13-7-5-6-8-15(13)20-4-2/h5-8,11-12,14,17H,3-4,9-10H2,1-2H3. The molecule has 20 heavy (non-hydrogen) atoms.